The summed E-state index contributed by atoms with van der Waals surface area (Å²) in [6.07, 6.45) is 3.13. The predicted octanol–water partition coefficient (Wildman–Crippen LogP) is 2.30. The average molecular weight is 297 g/mol. The number of nitrogens with zero attached hydrogens (tertiary/aromatic N) is 1. The first-order valence-corrected chi connectivity index (χ1v) is 6.82. The largest absolute Gasteiger partial charge is 0.373 e. The molecule has 2 bridgehead atoms. The van der Waals surface area contributed by atoms with E-state index in [0.29, 0.717) is 0 Å². The van der Waals surface area contributed by atoms with E-state index in [1.54, 1.807) is 0 Å². The number of nitro groups is 1. The molecular weight excluding hydrogens is 284 g/mol. The van der Waals surface area contributed by atoms with Gasteiger partial charge in [0.25, 0.3) is 11.6 Å². The second-order valence-electron chi connectivity index (χ2n) is 5.11. The lowest BCUT2D eigenvalue weighted by Crippen LogP contribution is -2.41. The van der Waals surface area contributed by atoms with Crippen LogP contribution in [0.25, 0.3) is 0 Å². The molecule has 1 amide bonds. The van der Waals surface area contributed by atoms with Gasteiger partial charge in [-0.1, -0.05) is 11.6 Å². The Morgan fingerprint density at radius 1 is 1.45 bits per heavy atom. The zero-order chi connectivity index (χ0) is 14.3. The number of rotatable bonds is 3. The van der Waals surface area contributed by atoms with Crippen LogP contribution in [0.2, 0.25) is 5.02 Å². The fraction of sp³-hybridized carbons (Fsp3) is 0.462. The van der Waals surface area contributed by atoms with E-state index < -0.39 is 4.92 Å². The summed E-state index contributed by atoms with van der Waals surface area (Å²) in [7, 11) is 0. The standard InChI is InChI=1S/C13H13ClN2O4/c14-9-3-1-7(5-11(9)16(18)19)13(17)15-10-6-8-2-4-12(10)20-8/h1,3,5,8,10,12H,2,4,6H2,(H,15,17). The molecule has 6 nitrogen and oxygen atoms in total. The van der Waals surface area contributed by atoms with E-state index in [0.717, 1.165) is 19.3 Å². The summed E-state index contributed by atoms with van der Waals surface area (Å²) in [4.78, 5) is 22.3. The Kier molecular flexibility index (Phi) is 3.35. The number of benzene rings is 1. The Hall–Kier alpha value is -1.66. The lowest BCUT2D eigenvalue weighted by Gasteiger charge is -2.19. The second-order valence-corrected chi connectivity index (χ2v) is 5.52. The van der Waals surface area contributed by atoms with Crippen molar-refractivity contribution in [3.63, 3.8) is 0 Å². The third-order valence-corrected chi connectivity index (χ3v) is 4.15. The van der Waals surface area contributed by atoms with E-state index in [4.69, 9.17) is 16.3 Å². The fourth-order valence-corrected chi connectivity index (χ4v) is 3.02. The molecule has 2 saturated heterocycles. The highest BCUT2D eigenvalue weighted by Crippen LogP contribution is 2.34. The zero-order valence-electron chi connectivity index (χ0n) is 10.5. The average Bonchev–Trinajstić information content (AvgIpc) is 3.01. The molecule has 0 radical (unpaired) electrons. The first kappa shape index (κ1) is 13.3. The summed E-state index contributed by atoms with van der Waals surface area (Å²) >= 11 is 5.72. The van der Waals surface area contributed by atoms with Gasteiger partial charge < -0.3 is 10.1 Å². The number of amides is 1. The fourth-order valence-electron chi connectivity index (χ4n) is 2.84. The molecule has 20 heavy (non-hydrogen) atoms. The molecule has 3 unspecified atom stereocenters. The maximum atomic E-state index is 12.1. The first-order chi connectivity index (χ1) is 9.54. The molecule has 0 saturated carbocycles. The van der Waals surface area contributed by atoms with Crippen LogP contribution >= 0.6 is 11.6 Å². The zero-order valence-corrected chi connectivity index (χ0v) is 11.3. The number of carbonyl (C=O) groups is 1. The van der Waals surface area contributed by atoms with Gasteiger partial charge in [0.05, 0.1) is 23.2 Å². The Morgan fingerprint density at radius 3 is 2.85 bits per heavy atom. The molecule has 2 heterocycles. The summed E-state index contributed by atoms with van der Waals surface area (Å²) < 4.78 is 5.66. The number of nitro benzene ring substituents is 1. The quantitative estimate of drug-likeness (QED) is 0.685. The number of nitrogens with one attached hydrogen (secondary N) is 1. The van der Waals surface area contributed by atoms with Gasteiger partial charge in [-0.05, 0) is 31.4 Å². The molecule has 1 aromatic carbocycles. The van der Waals surface area contributed by atoms with E-state index in [1.807, 2.05) is 0 Å². The molecule has 2 aliphatic heterocycles. The summed E-state index contributed by atoms with van der Waals surface area (Å²) in [5.74, 6) is -0.328. The van der Waals surface area contributed by atoms with E-state index in [2.05, 4.69) is 5.32 Å². The highest BCUT2D eigenvalue weighted by atomic mass is 35.5. The van der Waals surface area contributed by atoms with Gasteiger partial charge in [0, 0.05) is 11.6 Å². The van der Waals surface area contributed by atoms with Crippen LogP contribution < -0.4 is 5.32 Å². The highest BCUT2D eigenvalue weighted by molar-refractivity contribution is 6.32. The lowest BCUT2D eigenvalue weighted by molar-refractivity contribution is -0.384. The van der Waals surface area contributed by atoms with Gasteiger partial charge in [0.2, 0.25) is 0 Å². The summed E-state index contributed by atoms with van der Waals surface area (Å²) in [6.45, 7) is 0. The number of hydrogen-bond acceptors (Lipinski definition) is 4. The molecule has 2 fully saturated rings. The van der Waals surface area contributed by atoms with Crippen molar-refractivity contribution >= 4 is 23.2 Å². The van der Waals surface area contributed by atoms with Crippen LogP contribution in [0.15, 0.2) is 18.2 Å². The van der Waals surface area contributed by atoms with Crippen molar-refractivity contribution in [2.24, 2.45) is 0 Å². The molecule has 0 aliphatic carbocycles. The van der Waals surface area contributed by atoms with Gasteiger partial charge >= 0.3 is 0 Å². The number of carbonyl (C=O) groups excluding carboxylic acids is 1. The Morgan fingerprint density at radius 2 is 2.25 bits per heavy atom. The lowest BCUT2D eigenvalue weighted by atomic mass is 9.95. The van der Waals surface area contributed by atoms with Crippen molar-refractivity contribution < 1.29 is 14.5 Å². The van der Waals surface area contributed by atoms with Crippen LogP contribution in [0.4, 0.5) is 5.69 Å². The summed E-state index contributed by atoms with van der Waals surface area (Å²) in [5.41, 5.74) is -0.0209. The molecule has 2 aliphatic rings. The highest BCUT2D eigenvalue weighted by Gasteiger charge is 2.41. The van der Waals surface area contributed by atoms with Crippen molar-refractivity contribution in [3.8, 4) is 0 Å². The van der Waals surface area contributed by atoms with Gasteiger partial charge in [-0.3, -0.25) is 14.9 Å². The summed E-state index contributed by atoms with van der Waals surface area (Å²) in [5, 5.41) is 13.7. The second kappa shape index (κ2) is 5.03. The SMILES string of the molecule is O=C(NC1CC2CCC1O2)c1ccc(Cl)c([N+](=O)[O-])c1. The van der Waals surface area contributed by atoms with E-state index >= 15 is 0 Å². The van der Waals surface area contributed by atoms with Crippen molar-refractivity contribution in [1.29, 1.82) is 0 Å². The van der Waals surface area contributed by atoms with Crippen molar-refractivity contribution in [3.05, 3.63) is 38.9 Å². The number of hydrogen-bond donors (Lipinski definition) is 1. The minimum atomic E-state index is -0.597. The van der Waals surface area contributed by atoms with Crippen molar-refractivity contribution in [2.45, 2.75) is 37.5 Å². The molecule has 0 spiro atoms. The molecule has 1 N–H and O–H groups in total. The van der Waals surface area contributed by atoms with Crippen molar-refractivity contribution in [2.75, 3.05) is 0 Å². The van der Waals surface area contributed by atoms with Crippen LogP contribution in [-0.4, -0.2) is 29.1 Å². The molecule has 3 atom stereocenters. The first-order valence-electron chi connectivity index (χ1n) is 6.45. The van der Waals surface area contributed by atoms with Gasteiger partial charge in [0.15, 0.2) is 0 Å². The van der Waals surface area contributed by atoms with Crippen molar-refractivity contribution in [1.82, 2.24) is 5.32 Å². The van der Waals surface area contributed by atoms with Crippen LogP contribution in [-0.2, 0) is 4.74 Å². The van der Waals surface area contributed by atoms with E-state index in [9.17, 15) is 14.9 Å². The minimum absolute atomic E-state index is 0.00372. The predicted molar refractivity (Wildman–Crippen MR) is 71.9 cm³/mol. The van der Waals surface area contributed by atoms with Gasteiger partial charge in [0.1, 0.15) is 5.02 Å². The molecule has 1 aromatic rings. The summed E-state index contributed by atoms with van der Waals surface area (Å²) in [6, 6.07) is 4.05. The Balaban J connectivity index is 1.74. The van der Waals surface area contributed by atoms with Gasteiger partial charge in [-0.15, -0.1) is 0 Å². The topological polar surface area (TPSA) is 81.5 Å². The third-order valence-electron chi connectivity index (χ3n) is 3.83. The van der Waals surface area contributed by atoms with E-state index in [1.165, 1.54) is 18.2 Å². The maximum Gasteiger partial charge on any atom is 0.288 e. The Labute approximate surface area is 120 Å². The van der Waals surface area contributed by atoms with Crippen LogP contribution in [0.5, 0.6) is 0 Å². The van der Waals surface area contributed by atoms with Crippen LogP contribution in [0, 0.1) is 10.1 Å². The smallest absolute Gasteiger partial charge is 0.288 e. The molecule has 0 aromatic heterocycles. The van der Waals surface area contributed by atoms with Crippen LogP contribution in [0.1, 0.15) is 29.6 Å². The normalized spacial score (nSPS) is 27.6. The Bertz CT molecular complexity index is 577. The molecule has 3 rings (SSSR count). The van der Waals surface area contributed by atoms with Gasteiger partial charge in [-0.2, -0.15) is 0 Å². The van der Waals surface area contributed by atoms with Crippen LogP contribution in [0.3, 0.4) is 0 Å². The number of fused-ring (bicyclic) bond motifs is 2. The monoisotopic (exact) mass is 296 g/mol. The maximum absolute atomic E-state index is 12.1. The number of halogens is 1. The molecular formula is C13H13ClN2O4. The van der Waals surface area contributed by atoms with E-state index in [-0.39, 0.29) is 40.4 Å². The molecule has 106 valence electrons. The third kappa shape index (κ3) is 2.36. The minimum Gasteiger partial charge on any atom is -0.373 e. The molecule has 7 heteroatoms. The van der Waals surface area contributed by atoms with Gasteiger partial charge in [-0.25, -0.2) is 0 Å². The number of ether oxygens (including phenoxy) is 1.